The Bertz CT molecular complexity index is 122. The fourth-order valence-corrected chi connectivity index (χ4v) is 1.58. The summed E-state index contributed by atoms with van der Waals surface area (Å²) in [5.74, 6) is 0.687. The van der Waals surface area contributed by atoms with Crippen molar-refractivity contribution in [2.45, 2.75) is 26.3 Å². The van der Waals surface area contributed by atoms with Gasteiger partial charge in [-0.05, 0) is 17.8 Å². The maximum absolute atomic E-state index is 5.83. The third-order valence-electron chi connectivity index (χ3n) is 2.77. The minimum absolute atomic E-state index is 0.374. The fraction of sp³-hybridized carbons (Fsp3) is 1.00. The molecule has 0 bridgehead atoms. The zero-order valence-corrected chi connectivity index (χ0v) is 7.05. The van der Waals surface area contributed by atoms with Crippen molar-refractivity contribution >= 4 is 0 Å². The highest BCUT2D eigenvalue weighted by molar-refractivity contribution is 5.08. The van der Waals surface area contributed by atoms with Crippen molar-refractivity contribution < 1.29 is 4.74 Å². The van der Waals surface area contributed by atoms with Gasteiger partial charge >= 0.3 is 0 Å². The number of nitrogens with two attached hydrogens (primary N) is 1. The molecule has 0 aromatic carbocycles. The van der Waals surface area contributed by atoms with Gasteiger partial charge in [-0.3, -0.25) is 0 Å². The second-order valence-corrected chi connectivity index (χ2v) is 3.74. The molecule has 1 aliphatic rings. The maximum Gasteiger partial charge on any atom is 0.0465 e. The highest BCUT2D eigenvalue weighted by Crippen LogP contribution is 2.52. The predicted molar refractivity (Wildman–Crippen MR) is 41.7 cm³/mol. The standard InChI is InChI=1S/C8H17NO/c1-8(2)6(7(8)9)4-5-10-3/h6-7H,4-5,9H2,1-3H3. The monoisotopic (exact) mass is 143 g/mol. The van der Waals surface area contributed by atoms with E-state index in [1.807, 2.05) is 0 Å². The zero-order chi connectivity index (χ0) is 7.78. The van der Waals surface area contributed by atoms with E-state index in [0.717, 1.165) is 13.0 Å². The van der Waals surface area contributed by atoms with Crippen LogP contribution in [0.5, 0.6) is 0 Å². The van der Waals surface area contributed by atoms with Crippen molar-refractivity contribution in [2.75, 3.05) is 13.7 Å². The summed E-state index contributed by atoms with van der Waals surface area (Å²) in [7, 11) is 1.74. The number of ether oxygens (including phenoxy) is 1. The Morgan fingerprint density at radius 3 is 2.30 bits per heavy atom. The average molecular weight is 143 g/mol. The smallest absolute Gasteiger partial charge is 0.0465 e. The van der Waals surface area contributed by atoms with Crippen LogP contribution in [0.25, 0.3) is 0 Å². The maximum atomic E-state index is 5.83. The van der Waals surface area contributed by atoms with Gasteiger partial charge in [-0.2, -0.15) is 0 Å². The minimum Gasteiger partial charge on any atom is -0.385 e. The minimum atomic E-state index is 0.374. The molecular formula is C8H17NO. The molecule has 2 nitrogen and oxygen atoms in total. The van der Waals surface area contributed by atoms with Gasteiger partial charge in [0.05, 0.1) is 0 Å². The third kappa shape index (κ3) is 1.18. The van der Waals surface area contributed by atoms with Crippen molar-refractivity contribution in [3.63, 3.8) is 0 Å². The Kier molecular flexibility index (Phi) is 2.02. The van der Waals surface area contributed by atoms with Crippen LogP contribution in [-0.2, 0) is 4.74 Å². The van der Waals surface area contributed by atoms with Crippen LogP contribution >= 0.6 is 0 Å². The number of hydrogen-bond acceptors (Lipinski definition) is 2. The van der Waals surface area contributed by atoms with Crippen molar-refractivity contribution in [2.24, 2.45) is 17.1 Å². The van der Waals surface area contributed by atoms with E-state index < -0.39 is 0 Å². The first-order valence-electron chi connectivity index (χ1n) is 3.85. The molecular weight excluding hydrogens is 126 g/mol. The van der Waals surface area contributed by atoms with E-state index in [1.165, 1.54) is 0 Å². The largest absolute Gasteiger partial charge is 0.385 e. The lowest BCUT2D eigenvalue weighted by Crippen LogP contribution is -2.06. The van der Waals surface area contributed by atoms with Gasteiger partial charge in [-0.15, -0.1) is 0 Å². The highest BCUT2D eigenvalue weighted by atomic mass is 16.5. The molecule has 0 radical (unpaired) electrons. The average Bonchev–Trinajstić information content (AvgIpc) is 2.31. The van der Waals surface area contributed by atoms with E-state index in [9.17, 15) is 0 Å². The predicted octanol–water partition coefficient (Wildman–Crippen LogP) is 1.01. The molecule has 0 aromatic rings. The molecule has 1 aliphatic carbocycles. The molecule has 0 aromatic heterocycles. The molecule has 2 N–H and O–H groups in total. The lowest BCUT2D eigenvalue weighted by atomic mass is 10.1. The van der Waals surface area contributed by atoms with Gasteiger partial charge in [0.15, 0.2) is 0 Å². The first-order valence-corrected chi connectivity index (χ1v) is 3.85. The summed E-state index contributed by atoms with van der Waals surface area (Å²) in [6.45, 7) is 5.29. The van der Waals surface area contributed by atoms with Crippen LogP contribution in [0, 0.1) is 11.3 Å². The molecule has 2 atom stereocenters. The van der Waals surface area contributed by atoms with Crippen LogP contribution in [0.2, 0.25) is 0 Å². The number of hydrogen-bond donors (Lipinski definition) is 1. The first kappa shape index (κ1) is 8.02. The third-order valence-corrected chi connectivity index (χ3v) is 2.77. The summed E-state index contributed by atoms with van der Waals surface area (Å²) in [4.78, 5) is 0. The number of rotatable bonds is 3. The quantitative estimate of drug-likeness (QED) is 0.640. The lowest BCUT2D eigenvalue weighted by molar-refractivity contribution is 0.185. The Morgan fingerprint density at radius 2 is 2.00 bits per heavy atom. The van der Waals surface area contributed by atoms with Crippen molar-refractivity contribution in [3.05, 3.63) is 0 Å². The van der Waals surface area contributed by atoms with Gasteiger partial charge in [0.25, 0.3) is 0 Å². The molecule has 60 valence electrons. The SMILES string of the molecule is COCCC1C(N)C1(C)C. The topological polar surface area (TPSA) is 35.2 Å². The van der Waals surface area contributed by atoms with Crippen LogP contribution in [0.1, 0.15) is 20.3 Å². The van der Waals surface area contributed by atoms with E-state index in [-0.39, 0.29) is 0 Å². The van der Waals surface area contributed by atoms with E-state index in [0.29, 0.717) is 17.4 Å². The molecule has 1 fully saturated rings. The summed E-state index contributed by atoms with van der Waals surface area (Å²) >= 11 is 0. The Balaban J connectivity index is 2.22. The van der Waals surface area contributed by atoms with Crippen molar-refractivity contribution in [1.29, 1.82) is 0 Å². The van der Waals surface area contributed by atoms with E-state index in [1.54, 1.807) is 7.11 Å². The second-order valence-electron chi connectivity index (χ2n) is 3.74. The Morgan fingerprint density at radius 1 is 1.50 bits per heavy atom. The molecule has 10 heavy (non-hydrogen) atoms. The van der Waals surface area contributed by atoms with Gasteiger partial charge in [0.2, 0.25) is 0 Å². The molecule has 0 amide bonds. The van der Waals surface area contributed by atoms with Crippen LogP contribution < -0.4 is 5.73 Å². The molecule has 2 heteroatoms. The number of methoxy groups -OCH3 is 1. The summed E-state index contributed by atoms with van der Waals surface area (Å²) in [6, 6.07) is 0.405. The first-order chi connectivity index (χ1) is 4.60. The van der Waals surface area contributed by atoms with Gasteiger partial charge in [-0.25, -0.2) is 0 Å². The highest BCUT2D eigenvalue weighted by Gasteiger charge is 2.54. The molecule has 0 aliphatic heterocycles. The lowest BCUT2D eigenvalue weighted by Gasteiger charge is -1.99. The molecule has 1 saturated carbocycles. The van der Waals surface area contributed by atoms with Gasteiger partial charge < -0.3 is 10.5 Å². The van der Waals surface area contributed by atoms with E-state index >= 15 is 0 Å². The Hall–Kier alpha value is -0.0800. The summed E-state index contributed by atoms with van der Waals surface area (Å²) in [5.41, 5.74) is 6.20. The molecule has 0 heterocycles. The van der Waals surface area contributed by atoms with E-state index in [4.69, 9.17) is 10.5 Å². The summed E-state index contributed by atoms with van der Waals surface area (Å²) in [6.07, 6.45) is 1.12. The zero-order valence-electron chi connectivity index (χ0n) is 7.05. The fourth-order valence-electron chi connectivity index (χ4n) is 1.58. The summed E-state index contributed by atoms with van der Waals surface area (Å²) < 4.78 is 4.98. The molecule has 0 saturated heterocycles. The van der Waals surface area contributed by atoms with Crippen LogP contribution in [0.15, 0.2) is 0 Å². The summed E-state index contributed by atoms with van der Waals surface area (Å²) in [5, 5.41) is 0. The van der Waals surface area contributed by atoms with Gasteiger partial charge in [0, 0.05) is 19.8 Å². The normalized spacial score (nSPS) is 36.0. The molecule has 2 unspecified atom stereocenters. The van der Waals surface area contributed by atoms with Crippen molar-refractivity contribution in [1.82, 2.24) is 0 Å². The van der Waals surface area contributed by atoms with Gasteiger partial charge in [-0.1, -0.05) is 13.8 Å². The van der Waals surface area contributed by atoms with Crippen LogP contribution in [0.4, 0.5) is 0 Å². The van der Waals surface area contributed by atoms with Crippen LogP contribution in [0.3, 0.4) is 0 Å². The molecule has 0 spiro atoms. The molecule has 1 rings (SSSR count). The Labute approximate surface area is 62.7 Å². The second kappa shape index (κ2) is 2.51. The van der Waals surface area contributed by atoms with Crippen LogP contribution in [-0.4, -0.2) is 19.8 Å². The van der Waals surface area contributed by atoms with Crippen molar-refractivity contribution in [3.8, 4) is 0 Å². The van der Waals surface area contributed by atoms with E-state index in [2.05, 4.69) is 13.8 Å². The van der Waals surface area contributed by atoms with Gasteiger partial charge in [0.1, 0.15) is 0 Å².